The van der Waals surface area contributed by atoms with Crippen molar-refractivity contribution in [3.8, 4) is 5.75 Å². The van der Waals surface area contributed by atoms with Crippen molar-refractivity contribution in [1.82, 2.24) is 16.0 Å². The van der Waals surface area contributed by atoms with Crippen LogP contribution in [0.1, 0.15) is 41.4 Å². The summed E-state index contributed by atoms with van der Waals surface area (Å²) in [6.07, 6.45) is 0. The monoisotopic (exact) mass is 400 g/mol. The third-order valence-corrected chi connectivity index (χ3v) is 4.39. The molecule has 1 amide bonds. The zero-order chi connectivity index (χ0) is 21.2. The van der Waals surface area contributed by atoms with Gasteiger partial charge in [-0.25, -0.2) is 4.39 Å². The fourth-order valence-corrected chi connectivity index (χ4v) is 2.69. The molecule has 0 fully saturated rings. The molecule has 0 aliphatic carbocycles. The summed E-state index contributed by atoms with van der Waals surface area (Å²) in [5.74, 6) is 0.839. The molecule has 0 heterocycles. The van der Waals surface area contributed by atoms with Gasteiger partial charge >= 0.3 is 0 Å². The molecular formula is C22H29FN4O2. The van der Waals surface area contributed by atoms with Gasteiger partial charge in [-0.15, -0.1) is 0 Å². The van der Waals surface area contributed by atoms with E-state index in [4.69, 9.17) is 4.74 Å². The second-order valence-corrected chi connectivity index (χ2v) is 6.62. The molecule has 0 aromatic heterocycles. The number of benzene rings is 2. The van der Waals surface area contributed by atoms with E-state index in [0.29, 0.717) is 42.5 Å². The Morgan fingerprint density at radius 3 is 2.69 bits per heavy atom. The maximum atomic E-state index is 13.8. The number of carbonyl (C=O) groups excluding carboxylic acids is 1. The number of hydrogen-bond acceptors (Lipinski definition) is 3. The van der Waals surface area contributed by atoms with Crippen LogP contribution in [-0.4, -0.2) is 38.6 Å². The minimum Gasteiger partial charge on any atom is -0.497 e. The first-order valence-corrected chi connectivity index (χ1v) is 9.67. The maximum absolute atomic E-state index is 13.8. The van der Waals surface area contributed by atoms with Crippen molar-refractivity contribution in [1.29, 1.82) is 0 Å². The van der Waals surface area contributed by atoms with E-state index in [2.05, 4.69) is 20.9 Å². The second-order valence-electron chi connectivity index (χ2n) is 6.62. The van der Waals surface area contributed by atoms with E-state index in [9.17, 15) is 9.18 Å². The van der Waals surface area contributed by atoms with Crippen LogP contribution in [0.4, 0.5) is 4.39 Å². The normalized spacial score (nSPS) is 12.2. The van der Waals surface area contributed by atoms with E-state index in [-0.39, 0.29) is 17.8 Å². The summed E-state index contributed by atoms with van der Waals surface area (Å²) >= 11 is 0. The molecule has 7 heteroatoms. The van der Waals surface area contributed by atoms with Gasteiger partial charge in [-0.3, -0.25) is 9.79 Å². The van der Waals surface area contributed by atoms with Crippen molar-refractivity contribution in [2.24, 2.45) is 4.99 Å². The molecule has 1 atom stereocenters. The fraction of sp³-hybridized carbons (Fsp3) is 0.364. The summed E-state index contributed by atoms with van der Waals surface area (Å²) in [6.45, 7) is 7.14. The molecule has 3 N–H and O–H groups in total. The average molecular weight is 400 g/mol. The van der Waals surface area contributed by atoms with Gasteiger partial charge in [0.15, 0.2) is 5.96 Å². The standard InChI is InChI=1S/C22H29FN4O2/c1-5-24-22(27-16(3)17-10-9-15(2)20(23)14-17)26-12-11-25-21(28)18-7-6-8-19(13-18)29-4/h6-10,13-14,16H,5,11-12H2,1-4H3,(H,25,28)(H2,24,26,27). The molecule has 156 valence electrons. The zero-order valence-electron chi connectivity index (χ0n) is 17.4. The molecule has 0 aliphatic rings. The number of rotatable bonds is 8. The topological polar surface area (TPSA) is 74.8 Å². The van der Waals surface area contributed by atoms with Gasteiger partial charge in [0, 0.05) is 18.7 Å². The highest BCUT2D eigenvalue weighted by atomic mass is 19.1. The van der Waals surface area contributed by atoms with E-state index >= 15 is 0 Å². The first-order chi connectivity index (χ1) is 13.9. The highest BCUT2D eigenvalue weighted by Gasteiger charge is 2.10. The van der Waals surface area contributed by atoms with Crippen molar-refractivity contribution >= 4 is 11.9 Å². The lowest BCUT2D eigenvalue weighted by Gasteiger charge is -2.18. The number of halogens is 1. The first-order valence-electron chi connectivity index (χ1n) is 9.67. The van der Waals surface area contributed by atoms with Crippen LogP contribution in [0.15, 0.2) is 47.5 Å². The number of ether oxygens (including phenoxy) is 1. The van der Waals surface area contributed by atoms with Crippen molar-refractivity contribution in [3.63, 3.8) is 0 Å². The quantitative estimate of drug-likeness (QED) is 0.361. The van der Waals surface area contributed by atoms with E-state index < -0.39 is 0 Å². The molecule has 0 saturated carbocycles. The molecule has 0 bridgehead atoms. The number of hydrogen-bond donors (Lipinski definition) is 3. The van der Waals surface area contributed by atoms with Crippen molar-refractivity contribution in [3.05, 3.63) is 65.0 Å². The Morgan fingerprint density at radius 1 is 1.21 bits per heavy atom. The maximum Gasteiger partial charge on any atom is 0.251 e. The van der Waals surface area contributed by atoms with Crippen LogP contribution < -0.4 is 20.7 Å². The van der Waals surface area contributed by atoms with Crippen LogP contribution in [-0.2, 0) is 0 Å². The van der Waals surface area contributed by atoms with Crippen molar-refractivity contribution in [2.45, 2.75) is 26.8 Å². The molecule has 2 aromatic carbocycles. The number of guanidine groups is 1. The Balaban J connectivity index is 1.90. The number of aliphatic imine (C=N–C) groups is 1. The summed E-state index contributed by atoms with van der Waals surface area (Å²) < 4.78 is 18.9. The lowest BCUT2D eigenvalue weighted by Crippen LogP contribution is -2.39. The number of nitrogens with one attached hydrogen (secondary N) is 3. The van der Waals surface area contributed by atoms with Gasteiger partial charge in [-0.05, 0) is 56.2 Å². The van der Waals surface area contributed by atoms with Gasteiger partial charge < -0.3 is 20.7 Å². The summed E-state index contributed by atoms with van der Waals surface area (Å²) in [5, 5.41) is 9.26. The number of amides is 1. The number of methoxy groups -OCH3 is 1. The van der Waals surface area contributed by atoms with Crippen LogP contribution >= 0.6 is 0 Å². The van der Waals surface area contributed by atoms with Crippen LogP contribution in [0.5, 0.6) is 5.75 Å². The molecule has 29 heavy (non-hydrogen) atoms. The molecule has 6 nitrogen and oxygen atoms in total. The largest absolute Gasteiger partial charge is 0.497 e. The van der Waals surface area contributed by atoms with Gasteiger partial charge in [0.2, 0.25) is 0 Å². The molecule has 2 rings (SSSR count). The predicted octanol–water partition coefficient (Wildman–Crippen LogP) is 3.19. The van der Waals surface area contributed by atoms with Crippen LogP contribution in [0.25, 0.3) is 0 Å². The van der Waals surface area contributed by atoms with E-state index in [1.165, 1.54) is 6.07 Å². The van der Waals surface area contributed by atoms with E-state index in [1.54, 1.807) is 44.4 Å². The first kappa shape index (κ1) is 22.2. The smallest absolute Gasteiger partial charge is 0.251 e. The van der Waals surface area contributed by atoms with Crippen LogP contribution in [0.2, 0.25) is 0 Å². The second kappa shape index (κ2) is 11.0. The molecule has 0 aliphatic heterocycles. The highest BCUT2D eigenvalue weighted by molar-refractivity contribution is 5.94. The Bertz CT molecular complexity index is 854. The Labute approximate surface area is 171 Å². The van der Waals surface area contributed by atoms with Crippen LogP contribution in [0, 0.1) is 12.7 Å². The Hall–Kier alpha value is -3.09. The summed E-state index contributed by atoms with van der Waals surface area (Å²) in [7, 11) is 1.56. The summed E-state index contributed by atoms with van der Waals surface area (Å²) in [5.41, 5.74) is 1.99. The molecule has 0 radical (unpaired) electrons. The predicted molar refractivity (Wildman–Crippen MR) is 114 cm³/mol. The number of nitrogens with zero attached hydrogens (tertiary/aromatic N) is 1. The Morgan fingerprint density at radius 2 is 2.00 bits per heavy atom. The zero-order valence-corrected chi connectivity index (χ0v) is 17.4. The van der Waals surface area contributed by atoms with Crippen molar-refractivity contribution < 1.29 is 13.9 Å². The Kier molecular flexibility index (Phi) is 8.45. The minimum absolute atomic E-state index is 0.116. The van der Waals surface area contributed by atoms with Gasteiger partial charge in [0.25, 0.3) is 5.91 Å². The molecular weight excluding hydrogens is 371 g/mol. The SMILES string of the molecule is CCNC(=NCCNC(=O)c1cccc(OC)c1)NC(C)c1ccc(C)c(F)c1. The fourth-order valence-electron chi connectivity index (χ4n) is 2.69. The third kappa shape index (κ3) is 6.78. The van der Waals surface area contributed by atoms with Crippen molar-refractivity contribution in [2.75, 3.05) is 26.7 Å². The van der Waals surface area contributed by atoms with E-state index in [1.807, 2.05) is 19.9 Å². The van der Waals surface area contributed by atoms with E-state index in [0.717, 1.165) is 5.56 Å². The van der Waals surface area contributed by atoms with Gasteiger partial charge in [-0.2, -0.15) is 0 Å². The number of carbonyl (C=O) groups is 1. The highest BCUT2D eigenvalue weighted by Crippen LogP contribution is 2.16. The third-order valence-electron chi connectivity index (χ3n) is 4.39. The number of aryl methyl sites for hydroxylation is 1. The minimum atomic E-state index is -0.224. The molecule has 0 spiro atoms. The van der Waals surface area contributed by atoms with Gasteiger partial charge in [0.05, 0.1) is 19.7 Å². The molecule has 2 aromatic rings. The van der Waals surface area contributed by atoms with Crippen LogP contribution in [0.3, 0.4) is 0 Å². The molecule has 0 saturated heterocycles. The molecule has 1 unspecified atom stereocenters. The average Bonchev–Trinajstić information content (AvgIpc) is 2.73. The lowest BCUT2D eigenvalue weighted by atomic mass is 10.1. The van der Waals surface area contributed by atoms with Gasteiger partial charge in [-0.1, -0.05) is 18.2 Å². The van der Waals surface area contributed by atoms with Gasteiger partial charge in [0.1, 0.15) is 11.6 Å². The summed E-state index contributed by atoms with van der Waals surface area (Å²) in [6, 6.07) is 12.1. The lowest BCUT2D eigenvalue weighted by molar-refractivity contribution is 0.0954. The summed E-state index contributed by atoms with van der Waals surface area (Å²) in [4.78, 5) is 16.7.